The van der Waals surface area contributed by atoms with E-state index in [1.165, 1.54) is 6.42 Å². The summed E-state index contributed by atoms with van der Waals surface area (Å²) in [6.45, 7) is 7.06. The molecule has 3 heteroatoms. The number of halogens is 1. The van der Waals surface area contributed by atoms with Gasteiger partial charge in [0.1, 0.15) is 5.82 Å². The monoisotopic (exact) mass is 264 g/mol. The molecule has 0 aliphatic carbocycles. The molecule has 0 bridgehead atoms. The van der Waals surface area contributed by atoms with Crippen molar-refractivity contribution in [2.75, 3.05) is 24.5 Å². The largest absolute Gasteiger partial charge is 0.369 e. The summed E-state index contributed by atoms with van der Waals surface area (Å²) in [5.41, 5.74) is 7.68. The topological polar surface area (TPSA) is 29.3 Å². The summed E-state index contributed by atoms with van der Waals surface area (Å²) in [6.07, 6.45) is 4.24. The molecular weight excluding hydrogens is 239 g/mol. The molecule has 1 aliphatic heterocycles. The van der Waals surface area contributed by atoms with Crippen LogP contribution in [0, 0.1) is 11.2 Å². The first-order valence-electron chi connectivity index (χ1n) is 7.31. The standard InChI is InChI=1S/C16H25FN2/c1-3-16(2)7-10-19(11-8-16)15-5-4-13(6-9-18)12-14(15)17/h4-5,12H,3,6-11,18H2,1-2H3. The summed E-state index contributed by atoms with van der Waals surface area (Å²) in [6, 6.07) is 5.55. The van der Waals surface area contributed by atoms with Crippen molar-refractivity contribution in [2.45, 2.75) is 39.5 Å². The normalized spacial score (nSPS) is 18.6. The van der Waals surface area contributed by atoms with Crippen LogP contribution in [0.3, 0.4) is 0 Å². The van der Waals surface area contributed by atoms with E-state index in [1.54, 1.807) is 6.07 Å². The molecule has 1 aliphatic rings. The maximum atomic E-state index is 14.1. The lowest BCUT2D eigenvalue weighted by molar-refractivity contribution is 0.237. The van der Waals surface area contributed by atoms with Crippen molar-refractivity contribution in [1.82, 2.24) is 0 Å². The van der Waals surface area contributed by atoms with Gasteiger partial charge >= 0.3 is 0 Å². The predicted octanol–water partition coefficient (Wildman–Crippen LogP) is 3.34. The van der Waals surface area contributed by atoms with Gasteiger partial charge in [-0.1, -0.05) is 26.3 Å². The highest BCUT2D eigenvalue weighted by Gasteiger charge is 2.29. The first-order valence-corrected chi connectivity index (χ1v) is 7.31. The fraction of sp³-hybridized carbons (Fsp3) is 0.625. The Balaban J connectivity index is 2.07. The van der Waals surface area contributed by atoms with Gasteiger partial charge in [-0.15, -0.1) is 0 Å². The Morgan fingerprint density at radius 2 is 2.00 bits per heavy atom. The number of hydrogen-bond acceptors (Lipinski definition) is 2. The average molecular weight is 264 g/mol. The van der Waals surface area contributed by atoms with Gasteiger partial charge in [0.05, 0.1) is 5.69 Å². The Hall–Kier alpha value is -1.09. The number of piperidine rings is 1. The fourth-order valence-corrected chi connectivity index (χ4v) is 2.77. The SMILES string of the molecule is CCC1(C)CCN(c2ccc(CCN)cc2F)CC1. The maximum absolute atomic E-state index is 14.1. The minimum absolute atomic E-state index is 0.106. The molecule has 0 saturated carbocycles. The van der Waals surface area contributed by atoms with Gasteiger partial charge < -0.3 is 10.6 Å². The van der Waals surface area contributed by atoms with Gasteiger partial charge in [-0.2, -0.15) is 0 Å². The number of benzene rings is 1. The second kappa shape index (κ2) is 5.91. The molecule has 1 aromatic carbocycles. The van der Waals surface area contributed by atoms with Crippen LogP contribution < -0.4 is 10.6 Å². The lowest BCUT2D eigenvalue weighted by Gasteiger charge is -2.40. The number of rotatable bonds is 4. The number of nitrogens with two attached hydrogens (primary N) is 1. The third kappa shape index (κ3) is 3.27. The molecule has 2 rings (SSSR count). The fourth-order valence-electron chi connectivity index (χ4n) is 2.77. The Bertz CT molecular complexity index is 423. The number of nitrogens with zero attached hydrogens (tertiary/aromatic N) is 1. The van der Waals surface area contributed by atoms with Crippen molar-refractivity contribution < 1.29 is 4.39 Å². The maximum Gasteiger partial charge on any atom is 0.146 e. The van der Waals surface area contributed by atoms with E-state index in [9.17, 15) is 4.39 Å². The van der Waals surface area contributed by atoms with E-state index in [-0.39, 0.29) is 5.82 Å². The first-order chi connectivity index (χ1) is 9.08. The minimum Gasteiger partial charge on any atom is -0.369 e. The van der Waals surface area contributed by atoms with Gasteiger partial charge in [-0.3, -0.25) is 0 Å². The molecule has 1 fully saturated rings. The van der Waals surface area contributed by atoms with E-state index in [0.717, 1.165) is 43.6 Å². The third-order valence-electron chi connectivity index (χ3n) is 4.61. The molecule has 1 heterocycles. The zero-order valence-corrected chi connectivity index (χ0v) is 12.1. The molecule has 2 N–H and O–H groups in total. The highest BCUT2D eigenvalue weighted by molar-refractivity contribution is 5.49. The lowest BCUT2D eigenvalue weighted by Crippen LogP contribution is -2.38. The minimum atomic E-state index is -0.106. The first kappa shape index (κ1) is 14.3. The van der Waals surface area contributed by atoms with Crippen molar-refractivity contribution in [3.05, 3.63) is 29.6 Å². The van der Waals surface area contributed by atoms with Gasteiger partial charge in [0.25, 0.3) is 0 Å². The molecule has 106 valence electrons. The van der Waals surface area contributed by atoms with Crippen LogP contribution in [-0.2, 0) is 6.42 Å². The van der Waals surface area contributed by atoms with Crippen LogP contribution in [0.25, 0.3) is 0 Å². The van der Waals surface area contributed by atoms with Crippen LogP contribution in [0.1, 0.15) is 38.7 Å². The summed E-state index contributed by atoms with van der Waals surface area (Å²) < 4.78 is 14.1. The van der Waals surface area contributed by atoms with E-state index in [0.29, 0.717) is 12.0 Å². The van der Waals surface area contributed by atoms with Gasteiger partial charge in [-0.25, -0.2) is 4.39 Å². The van der Waals surface area contributed by atoms with E-state index >= 15 is 0 Å². The smallest absolute Gasteiger partial charge is 0.146 e. The van der Waals surface area contributed by atoms with Crippen molar-refractivity contribution in [3.63, 3.8) is 0 Å². The Labute approximate surface area is 115 Å². The molecule has 0 unspecified atom stereocenters. The van der Waals surface area contributed by atoms with Crippen LogP contribution in [0.5, 0.6) is 0 Å². The molecule has 0 amide bonds. The third-order valence-corrected chi connectivity index (χ3v) is 4.61. The van der Waals surface area contributed by atoms with Crippen LogP contribution in [0.4, 0.5) is 10.1 Å². The second-order valence-electron chi connectivity index (χ2n) is 5.98. The van der Waals surface area contributed by atoms with Crippen molar-refractivity contribution in [3.8, 4) is 0 Å². The van der Waals surface area contributed by atoms with Crippen LogP contribution in [0.15, 0.2) is 18.2 Å². The van der Waals surface area contributed by atoms with Gasteiger partial charge in [-0.05, 0) is 48.9 Å². The highest BCUT2D eigenvalue weighted by atomic mass is 19.1. The zero-order chi connectivity index (χ0) is 13.9. The zero-order valence-electron chi connectivity index (χ0n) is 12.1. The second-order valence-corrected chi connectivity index (χ2v) is 5.98. The molecule has 19 heavy (non-hydrogen) atoms. The van der Waals surface area contributed by atoms with Crippen LogP contribution in [0.2, 0.25) is 0 Å². The van der Waals surface area contributed by atoms with E-state index in [1.807, 2.05) is 12.1 Å². The Morgan fingerprint density at radius 1 is 1.32 bits per heavy atom. The molecule has 1 aromatic rings. The van der Waals surface area contributed by atoms with E-state index in [4.69, 9.17) is 5.73 Å². The molecule has 1 saturated heterocycles. The highest BCUT2D eigenvalue weighted by Crippen LogP contribution is 2.36. The van der Waals surface area contributed by atoms with Crippen molar-refractivity contribution in [2.24, 2.45) is 11.1 Å². The Morgan fingerprint density at radius 3 is 2.53 bits per heavy atom. The van der Waals surface area contributed by atoms with Crippen LogP contribution in [-0.4, -0.2) is 19.6 Å². The summed E-state index contributed by atoms with van der Waals surface area (Å²) in [5, 5.41) is 0. The van der Waals surface area contributed by atoms with Crippen LogP contribution >= 0.6 is 0 Å². The molecular formula is C16H25FN2. The summed E-state index contributed by atoms with van der Waals surface area (Å²) in [5.74, 6) is -0.106. The van der Waals surface area contributed by atoms with Crippen molar-refractivity contribution >= 4 is 5.69 Å². The molecule has 0 atom stereocenters. The molecule has 2 nitrogen and oxygen atoms in total. The van der Waals surface area contributed by atoms with Crippen molar-refractivity contribution in [1.29, 1.82) is 0 Å². The Kier molecular flexibility index (Phi) is 4.46. The summed E-state index contributed by atoms with van der Waals surface area (Å²) >= 11 is 0. The van der Waals surface area contributed by atoms with E-state index in [2.05, 4.69) is 18.7 Å². The quantitative estimate of drug-likeness (QED) is 0.903. The predicted molar refractivity (Wildman–Crippen MR) is 79.0 cm³/mol. The molecule has 0 spiro atoms. The number of hydrogen-bond donors (Lipinski definition) is 1. The van der Waals surface area contributed by atoms with Gasteiger partial charge in [0.15, 0.2) is 0 Å². The molecule has 0 aromatic heterocycles. The average Bonchev–Trinajstić information content (AvgIpc) is 2.41. The lowest BCUT2D eigenvalue weighted by atomic mass is 9.78. The summed E-state index contributed by atoms with van der Waals surface area (Å²) in [7, 11) is 0. The van der Waals surface area contributed by atoms with E-state index < -0.39 is 0 Å². The molecule has 0 radical (unpaired) electrons. The van der Waals surface area contributed by atoms with Gasteiger partial charge in [0, 0.05) is 13.1 Å². The number of anilines is 1. The summed E-state index contributed by atoms with van der Waals surface area (Å²) in [4.78, 5) is 2.18. The van der Waals surface area contributed by atoms with Gasteiger partial charge in [0.2, 0.25) is 0 Å².